The van der Waals surface area contributed by atoms with E-state index in [4.69, 9.17) is 0 Å². The molecule has 37 heavy (non-hydrogen) atoms. The largest absolute Gasteiger partial charge is 0.303 e. The second kappa shape index (κ2) is 34.0. The van der Waals surface area contributed by atoms with E-state index < -0.39 is 0 Å². The highest BCUT2D eigenvalue weighted by molar-refractivity contribution is 4.61. The Morgan fingerprint density at radius 2 is 0.378 bits per heavy atom. The van der Waals surface area contributed by atoms with Crippen LogP contribution < -0.4 is 0 Å². The van der Waals surface area contributed by atoms with E-state index in [9.17, 15) is 0 Å². The van der Waals surface area contributed by atoms with E-state index in [0.717, 1.165) is 0 Å². The Morgan fingerprint density at radius 1 is 0.216 bits per heavy atom. The molecule has 1 nitrogen and oxygen atoms in total. The molecule has 0 rings (SSSR count). The van der Waals surface area contributed by atoms with Crippen LogP contribution in [-0.2, 0) is 0 Å². The summed E-state index contributed by atoms with van der Waals surface area (Å²) >= 11 is 0. The lowest BCUT2D eigenvalue weighted by molar-refractivity contribution is 0.254. The summed E-state index contributed by atoms with van der Waals surface area (Å²) in [5, 5.41) is 0. The van der Waals surface area contributed by atoms with Gasteiger partial charge < -0.3 is 4.90 Å². The second-order valence-corrected chi connectivity index (χ2v) is 12.4. The van der Waals surface area contributed by atoms with Crippen molar-refractivity contribution in [2.24, 2.45) is 0 Å². The smallest absolute Gasteiger partial charge is 0.00187 e. The van der Waals surface area contributed by atoms with Crippen molar-refractivity contribution in [2.45, 2.75) is 213 Å². The third-order valence-corrected chi connectivity index (χ3v) is 8.48. The lowest BCUT2D eigenvalue weighted by Gasteiger charge is -2.22. The van der Waals surface area contributed by atoms with E-state index >= 15 is 0 Å². The van der Waals surface area contributed by atoms with Crippen LogP contribution in [0.1, 0.15) is 213 Å². The van der Waals surface area contributed by atoms with Gasteiger partial charge in [-0.05, 0) is 38.9 Å². The van der Waals surface area contributed by atoms with Gasteiger partial charge in [-0.2, -0.15) is 0 Å². The van der Waals surface area contributed by atoms with Crippen LogP contribution >= 0.6 is 0 Å². The van der Waals surface area contributed by atoms with Gasteiger partial charge in [-0.25, -0.2) is 0 Å². The molecular formula is C36H75N. The van der Waals surface area contributed by atoms with Gasteiger partial charge in [0.1, 0.15) is 0 Å². The highest BCUT2D eigenvalue weighted by atomic mass is 15.1. The molecule has 0 aliphatic carbocycles. The molecule has 0 heterocycles. The molecule has 0 aromatic carbocycles. The highest BCUT2D eigenvalue weighted by Crippen LogP contribution is 2.14. The fourth-order valence-corrected chi connectivity index (χ4v) is 5.80. The van der Waals surface area contributed by atoms with E-state index in [-0.39, 0.29) is 0 Å². The zero-order valence-corrected chi connectivity index (χ0v) is 26.8. The van der Waals surface area contributed by atoms with Gasteiger partial charge >= 0.3 is 0 Å². The van der Waals surface area contributed by atoms with E-state index in [2.05, 4.69) is 25.7 Å². The molecule has 0 saturated heterocycles. The Bertz CT molecular complexity index is 357. The molecule has 0 N–H and O–H groups in total. The number of nitrogens with zero attached hydrogens (tertiary/aromatic N) is 1. The number of rotatable bonds is 33. The van der Waals surface area contributed by atoms with Crippen LogP contribution in [0.25, 0.3) is 0 Å². The lowest BCUT2D eigenvalue weighted by atomic mass is 10.0. The molecule has 0 saturated carbocycles. The molecule has 0 spiro atoms. The zero-order chi connectivity index (χ0) is 26.9. The van der Waals surface area contributed by atoms with Gasteiger partial charge in [-0.3, -0.25) is 0 Å². The van der Waals surface area contributed by atoms with Gasteiger partial charge in [0.2, 0.25) is 0 Å². The predicted molar refractivity (Wildman–Crippen MR) is 172 cm³/mol. The summed E-state index contributed by atoms with van der Waals surface area (Å²) in [4.78, 5) is 2.85. The van der Waals surface area contributed by atoms with Crippen LogP contribution in [-0.4, -0.2) is 24.5 Å². The first kappa shape index (κ1) is 37.0. The molecular weight excluding hydrogens is 446 g/mol. The van der Waals surface area contributed by atoms with Crippen molar-refractivity contribution in [1.82, 2.24) is 4.90 Å². The monoisotopic (exact) mass is 522 g/mol. The first-order valence-corrected chi connectivity index (χ1v) is 18.1. The summed E-state index contributed by atoms with van der Waals surface area (Å²) in [5.41, 5.74) is 0. The summed E-state index contributed by atoms with van der Waals surface area (Å²) in [7, 11) is 0. The van der Waals surface area contributed by atoms with Crippen LogP contribution in [0, 0.1) is 0 Å². The van der Waals surface area contributed by atoms with E-state index in [1.54, 1.807) is 0 Å². The Morgan fingerprint density at radius 3 is 0.568 bits per heavy atom. The van der Waals surface area contributed by atoms with Crippen LogP contribution in [0.15, 0.2) is 0 Å². The fraction of sp³-hybridized carbons (Fsp3) is 1.00. The molecule has 224 valence electrons. The normalized spacial score (nSPS) is 11.7. The Kier molecular flexibility index (Phi) is 34.0. The maximum absolute atomic E-state index is 2.85. The Hall–Kier alpha value is -0.0400. The maximum atomic E-state index is 2.85. The number of unbranched alkanes of at least 4 members (excludes halogenated alkanes) is 27. The van der Waals surface area contributed by atoms with Gasteiger partial charge in [-0.1, -0.05) is 194 Å². The van der Waals surface area contributed by atoms with Crippen molar-refractivity contribution in [3.63, 3.8) is 0 Å². The van der Waals surface area contributed by atoms with Crippen LogP contribution in [0.5, 0.6) is 0 Å². The molecule has 1 heteroatoms. The van der Waals surface area contributed by atoms with Crippen LogP contribution in [0.4, 0.5) is 0 Å². The molecule has 0 aromatic heterocycles. The third-order valence-electron chi connectivity index (χ3n) is 8.48. The minimum absolute atomic E-state index is 1.37. The minimum Gasteiger partial charge on any atom is -0.303 e. The molecule has 0 unspecified atom stereocenters. The minimum atomic E-state index is 1.37. The number of hydrogen-bond acceptors (Lipinski definition) is 1. The fourth-order valence-electron chi connectivity index (χ4n) is 5.80. The number of hydrogen-bond donors (Lipinski definition) is 0. The van der Waals surface area contributed by atoms with Gasteiger partial charge in [-0.15, -0.1) is 0 Å². The SMILES string of the molecule is CCCCCCCCCCCCCCN(CCCCCCCCCCC)CCCCCCCCCCC. The quantitative estimate of drug-likeness (QED) is 0.0776. The highest BCUT2D eigenvalue weighted by Gasteiger charge is 2.05. The average Bonchev–Trinajstić information content (AvgIpc) is 2.91. The van der Waals surface area contributed by atoms with Crippen molar-refractivity contribution in [1.29, 1.82) is 0 Å². The molecule has 0 radical (unpaired) electrons. The first-order chi connectivity index (χ1) is 18.3. The van der Waals surface area contributed by atoms with Crippen LogP contribution in [0.3, 0.4) is 0 Å². The lowest BCUT2D eigenvalue weighted by Crippen LogP contribution is -2.27. The summed E-state index contributed by atoms with van der Waals surface area (Å²) in [6.45, 7) is 11.0. The van der Waals surface area contributed by atoms with Crippen molar-refractivity contribution >= 4 is 0 Å². The van der Waals surface area contributed by atoms with Crippen molar-refractivity contribution < 1.29 is 0 Å². The predicted octanol–water partition coefficient (Wildman–Crippen LogP) is 13.1. The van der Waals surface area contributed by atoms with E-state index in [1.165, 1.54) is 212 Å². The van der Waals surface area contributed by atoms with E-state index in [0.29, 0.717) is 0 Å². The van der Waals surface area contributed by atoms with Gasteiger partial charge in [0.05, 0.1) is 0 Å². The molecule has 0 aliphatic heterocycles. The molecule has 0 fully saturated rings. The molecule has 0 aliphatic rings. The third kappa shape index (κ3) is 32.1. The summed E-state index contributed by atoms with van der Waals surface area (Å²) < 4.78 is 0. The summed E-state index contributed by atoms with van der Waals surface area (Å²) in [5.74, 6) is 0. The summed E-state index contributed by atoms with van der Waals surface area (Å²) in [6, 6.07) is 0. The average molecular weight is 522 g/mol. The molecule has 0 bridgehead atoms. The van der Waals surface area contributed by atoms with Crippen LogP contribution in [0.2, 0.25) is 0 Å². The maximum Gasteiger partial charge on any atom is -0.00187 e. The Labute approximate surface area is 237 Å². The summed E-state index contributed by atoms with van der Waals surface area (Å²) in [6.07, 6.45) is 43.6. The van der Waals surface area contributed by atoms with Crippen molar-refractivity contribution in [2.75, 3.05) is 19.6 Å². The molecule has 0 aromatic rings. The van der Waals surface area contributed by atoms with Gasteiger partial charge in [0, 0.05) is 0 Å². The molecule has 0 atom stereocenters. The zero-order valence-electron chi connectivity index (χ0n) is 26.8. The topological polar surface area (TPSA) is 3.24 Å². The first-order valence-electron chi connectivity index (χ1n) is 18.1. The Balaban J connectivity index is 3.85. The van der Waals surface area contributed by atoms with Gasteiger partial charge in [0.15, 0.2) is 0 Å². The van der Waals surface area contributed by atoms with E-state index in [1.807, 2.05) is 0 Å². The standard InChI is InChI=1S/C36H75N/c1-4-7-10-13-16-19-20-21-24-27-30-33-36-37(34-31-28-25-22-17-14-11-8-5-2)35-32-29-26-23-18-15-12-9-6-3/h4-36H2,1-3H3. The van der Waals surface area contributed by atoms with Crippen molar-refractivity contribution in [3.8, 4) is 0 Å². The van der Waals surface area contributed by atoms with Crippen molar-refractivity contribution in [3.05, 3.63) is 0 Å². The second-order valence-electron chi connectivity index (χ2n) is 12.4. The molecule has 0 amide bonds. The van der Waals surface area contributed by atoms with Gasteiger partial charge in [0.25, 0.3) is 0 Å².